The lowest BCUT2D eigenvalue weighted by atomic mass is 9.74. The van der Waals surface area contributed by atoms with E-state index in [1.165, 1.54) is 12.1 Å². The van der Waals surface area contributed by atoms with E-state index in [-0.39, 0.29) is 30.0 Å². The number of nitrogens with one attached hydrogen (secondary N) is 1. The second-order valence-electron chi connectivity index (χ2n) is 10.5. The maximum Gasteiger partial charge on any atom is 0.416 e. The number of carbonyl (C=O) groups is 1. The van der Waals surface area contributed by atoms with Gasteiger partial charge in [-0.15, -0.1) is 0 Å². The number of hydrogen-bond donors (Lipinski definition) is 1. The molecule has 0 radical (unpaired) electrons. The van der Waals surface area contributed by atoms with Crippen molar-refractivity contribution in [2.24, 2.45) is 11.3 Å². The van der Waals surface area contributed by atoms with E-state index in [4.69, 9.17) is 9.47 Å². The molecule has 35 heavy (non-hydrogen) atoms. The van der Waals surface area contributed by atoms with Gasteiger partial charge in [-0.3, -0.25) is 4.79 Å². The lowest BCUT2D eigenvalue weighted by molar-refractivity contribution is -0.144. The molecule has 1 saturated heterocycles. The highest BCUT2D eigenvalue weighted by Crippen LogP contribution is 2.46. The first-order valence-electron chi connectivity index (χ1n) is 12.7. The molecule has 1 N–H and O–H groups in total. The van der Waals surface area contributed by atoms with Crippen LogP contribution in [0.4, 0.5) is 13.2 Å². The van der Waals surface area contributed by atoms with Crippen molar-refractivity contribution in [3.05, 3.63) is 41.5 Å². The molecule has 0 aromatic heterocycles. The maximum atomic E-state index is 13.8. The Balaban J connectivity index is 1.43. The van der Waals surface area contributed by atoms with Crippen LogP contribution in [0, 0.1) is 11.3 Å². The molecule has 4 rings (SSSR count). The van der Waals surface area contributed by atoms with Gasteiger partial charge in [0, 0.05) is 38.9 Å². The quantitative estimate of drug-likeness (QED) is 0.611. The number of rotatable bonds is 6. The van der Waals surface area contributed by atoms with E-state index in [0.29, 0.717) is 38.3 Å². The van der Waals surface area contributed by atoms with Gasteiger partial charge in [0.2, 0.25) is 5.91 Å². The summed E-state index contributed by atoms with van der Waals surface area (Å²) in [6, 6.07) is 5.94. The smallest absolute Gasteiger partial charge is 0.379 e. The molecule has 1 aromatic carbocycles. The second-order valence-corrected chi connectivity index (χ2v) is 10.5. The summed E-state index contributed by atoms with van der Waals surface area (Å²) >= 11 is 0. The minimum Gasteiger partial charge on any atom is -0.379 e. The monoisotopic (exact) mass is 494 g/mol. The van der Waals surface area contributed by atoms with Gasteiger partial charge in [0.1, 0.15) is 0 Å². The van der Waals surface area contributed by atoms with E-state index in [2.05, 4.69) is 19.2 Å². The Kier molecular flexibility index (Phi) is 7.93. The molecule has 3 unspecified atom stereocenters. The normalized spacial score (nSPS) is 30.0. The van der Waals surface area contributed by atoms with Gasteiger partial charge in [-0.2, -0.15) is 13.2 Å². The summed E-state index contributed by atoms with van der Waals surface area (Å²) < 4.78 is 50.5. The highest BCUT2D eigenvalue weighted by molar-refractivity contribution is 5.84. The van der Waals surface area contributed by atoms with E-state index in [1.807, 2.05) is 11.0 Å². The fraction of sp³-hybridized carbons (Fsp3) is 0.667. The second kappa shape index (κ2) is 10.6. The zero-order valence-electron chi connectivity index (χ0n) is 20.9. The van der Waals surface area contributed by atoms with Gasteiger partial charge in [-0.1, -0.05) is 32.1 Å². The van der Waals surface area contributed by atoms with Gasteiger partial charge < -0.3 is 19.7 Å². The Morgan fingerprint density at radius 1 is 1.29 bits per heavy atom. The molecule has 1 aliphatic carbocycles. The first-order chi connectivity index (χ1) is 16.6. The molecule has 0 bridgehead atoms. The average molecular weight is 495 g/mol. The molecule has 194 valence electrons. The predicted molar refractivity (Wildman–Crippen MR) is 129 cm³/mol. The Morgan fingerprint density at radius 2 is 2.09 bits per heavy atom. The van der Waals surface area contributed by atoms with Crippen molar-refractivity contribution in [3.63, 3.8) is 0 Å². The summed E-state index contributed by atoms with van der Waals surface area (Å²) in [4.78, 5) is 15.7. The molecular formula is C27H37F3N2O3. The summed E-state index contributed by atoms with van der Waals surface area (Å²) in [6.45, 7) is 6.51. The van der Waals surface area contributed by atoms with Crippen LogP contribution >= 0.6 is 0 Å². The fourth-order valence-electron chi connectivity index (χ4n) is 5.95. The van der Waals surface area contributed by atoms with Gasteiger partial charge in [0.05, 0.1) is 23.7 Å². The van der Waals surface area contributed by atoms with Crippen LogP contribution < -0.4 is 5.32 Å². The molecule has 2 fully saturated rings. The van der Waals surface area contributed by atoms with Crippen molar-refractivity contribution >= 4 is 11.5 Å². The summed E-state index contributed by atoms with van der Waals surface area (Å²) in [5, 5.41) is 3.75. The number of ether oxygens (including phenoxy) is 2. The standard InChI is InChI=1S/C27H37F3N2O3/c1-18(2)26(11-7-22(16-26)31-23-10-14-35-17-24(23)34-3)25(33)32-12-8-19(9-13-32)20-5-4-6-21(15-20)27(28,29)30/h4-6,8,15,18,22-24,31H,7,9-14,16-17H2,1-3H3/t22?,23?,24?,26-/m0/s1. The summed E-state index contributed by atoms with van der Waals surface area (Å²) in [7, 11) is 1.71. The summed E-state index contributed by atoms with van der Waals surface area (Å²) in [6.07, 6.45) is 1.60. The number of hydrogen-bond acceptors (Lipinski definition) is 4. The third kappa shape index (κ3) is 5.59. The minimum absolute atomic E-state index is 0.0232. The number of amides is 1. The molecule has 2 aliphatic heterocycles. The van der Waals surface area contributed by atoms with E-state index in [1.54, 1.807) is 13.2 Å². The molecule has 4 atom stereocenters. The Bertz CT molecular complexity index is 932. The molecule has 1 aromatic rings. The topological polar surface area (TPSA) is 50.8 Å². The van der Waals surface area contributed by atoms with Crippen LogP contribution in [0.1, 0.15) is 57.1 Å². The highest BCUT2D eigenvalue weighted by atomic mass is 19.4. The van der Waals surface area contributed by atoms with E-state index < -0.39 is 17.2 Å². The van der Waals surface area contributed by atoms with Gasteiger partial charge in [0.25, 0.3) is 0 Å². The number of halogens is 3. The Hall–Kier alpha value is -1.90. The maximum absolute atomic E-state index is 13.8. The largest absolute Gasteiger partial charge is 0.416 e. The zero-order valence-corrected chi connectivity index (χ0v) is 20.9. The number of benzene rings is 1. The fourth-order valence-corrected chi connectivity index (χ4v) is 5.95. The average Bonchev–Trinajstić information content (AvgIpc) is 3.29. The first kappa shape index (κ1) is 26.2. The SMILES string of the molecule is COC1COCCC1NC1CC[C@@](C(=O)N2CC=C(c3cccc(C(F)(F)F)c3)CC2)(C(C)C)C1. The van der Waals surface area contributed by atoms with Crippen LogP contribution in [-0.4, -0.2) is 62.4 Å². The van der Waals surface area contributed by atoms with Crippen molar-refractivity contribution in [2.75, 3.05) is 33.4 Å². The van der Waals surface area contributed by atoms with E-state index in [9.17, 15) is 18.0 Å². The molecule has 3 aliphatic rings. The molecule has 1 saturated carbocycles. The van der Waals surface area contributed by atoms with E-state index in [0.717, 1.165) is 37.3 Å². The van der Waals surface area contributed by atoms with Crippen molar-refractivity contribution in [2.45, 2.75) is 70.3 Å². The van der Waals surface area contributed by atoms with Crippen LogP contribution in [0.2, 0.25) is 0 Å². The molecule has 8 heteroatoms. The Labute approximate surface area is 206 Å². The number of carbonyl (C=O) groups excluding carboxylic acids is 1. The number of alkyl halides is 3. The predicted octanol–water partition coefficient (Wildman–Crippen LogP) is 4.91. The lowest BCUT2D eigenvalue weighted by Crippen LogP contribution is -2.52. The van der Waals surface area contributed by atoms with Crippen molar-refractivity contribution < 1.29 is 27.4 Å². The molecular weight excluding hydrogens is 457 g/mol. The third-order valence-electron chi connectivity index (χ3n) is 8.19. The number of nitrogens with zero attached hydrogens (tertiary/aromatic N) is 1. The third-order valence-corrected chi connectivity index (χ3v) is 8.19. The van der Waals surface area contributed by atoms with Crippen LogP contribution in [0.15, 0.2) is 30.3 Å². The minimum atomic E-state index is -4.36. The number of methoxy groups -OCH3 is 1. The van der Waals surface area contributed by atoms with E-state index >= 15 is 0 Å². The van der Waals surface area contributed by atoms with Crippen LogP contribution in [0.25, 0.3) is 5.57 Å². The molecule has 1 amide bonds. The van der Waals surface area contributed by atoms with Crippen molar-refractivity contribution in [1.29, 1.82) is 0 Å². The highest BCUT2D eigenvalue weighted by Gasteiger charge is 2.49. The van der Waals surface area contributed by atoms with Crippen LogP contribution in [0.3, 0.4) is 0 Å². The molecule has 2 heterocycles. The zero-order chi connectivity index (χ0) is 25.2. The summed E-state index contributed by atoms with van der Waals surface area (Å²) in [5.74, 6) is 0.370. The molecule has 5 nitrogen and oxygen atoms in total. The van der Waals surface area contributed by atoms with Crippen molar-refractivity contribution in [1.82, 2.24) is 10.2 Å². The molecule has 0 spiro atoms. The van der Waals surface area contributed by atoms with Gasteiger partial charge in [-0.25, -0.2) is 0 Å². The van der Waals surface area contributed by atoms with Crippen molar-refractivity contribution in [3.8, 4) is 0 Å². The lowest BCUT2D eigenvalue weighted by Gasteiger charge is -2.39. The van der Waals surface area contributed by atoms with Gasteiger partial charge in [-0.05, 0) is 61.3 Å². The first-order valence-corrected chi connectivity index (χ1v) is 12.7. The Morgan fingerprint density at radius 3 is 2.74 bits per heavy atom. The van der Waals surface area contributed by atoms with Gasteiger partial charge in [0.15, 0.2) is 0 Å². The van der Waals surface area contributed by atoms with Crippen LogP contribution in [0.5, 0.6) is 0 Å². The van der Waals surface area contributed by atoms with Gasteiger partial charge >= 0.3 is 6.18 Å². The van der Waals surface area contributed by atoms with Crippen LogP contribution in [-0.2, 0) is 20.4 Å². The summed E-state index contributed by atoms with van der Waals surface area (Å²) in [5.41, 5.74) is 0.389.